The van der Waals surface area contributed by atoms with Gasteiger partial charge in [-0.3, -0.25) is 24.2 Å². The van der Waals surface area contributed by atoms with E-state index in [0.717, 1.165) is 6.07 Å². The first-order chi connectivity index (χ1) is 13.8. The van der Waals surface area contributed by atoms with E-state index in [1.54, 1.807) is 21.9 Å². The number of anilines is 1. The van der Waals surface area contributed by atoms with E-state index in [0.29, 0.717) is 31.7 Å². The minimum absolute atomic E-state index is 0.0411. The second kappa shape index (κ2) is 6.92. The fourth-order valence-corrected chi connectivity index (χ4v) is 3.79. The number of piperazine rings is 1. The highest BCUT2D eigenvalue weighted by molar-refractivity contribution is 5.97. The molecule has 0 aliphatic carbocycles. The smallest absolute Gasteiger partial charge is 0.341 e. The number of carbonyl (C=O) groups is 2. The first-order valence-electron chi connectivity index (χ1n) is 8.96. The Bertz CT molecular complexity index is 1080. The SMILES string of the molecule is CN1COc2c(N3CCN(CC(=O)O)CC3)c(F)cc3c(=O)c(C(=O)O)cn1c23. The molecule has 1 aromatic carbocycles. The number of hydrogen-bond acceptors (Lipinski definition) is 7. The Balaban J connectivity index is 1.83. The molecule has 2 aliphatic rings. The number of aliphatic carboxylic acids is 1. The molecule has 1 aromatic heterocycles. The average molecular weight is 406 g/mol. The van der Waals surface area contributed by atoms with Gasteiger partial charge in [0.1, 0.15) is 16.8 Å². The summed E-state index contributed by atoms with van der Waals surface area (Å²) in [4.78, 5) is 38.4. The summed E-state index contributed by atoms with van der Waals surface area (Å²) in [5.74, 6) is -2.81. The quantitative estimate of drug-likeness (QED) is 0.722. The minimum Gasteiger partial charge on any atom is -0.480 e. The number of carboxylic acid groups (broad SMARTS) is 2. The number of carboxylic acids is 2. The van der Waals surface area contributed by atoms with Crippen molar-refractivity contribution in [3.05, 3.63) is 33.9 Å². The molecule has 0 spiro atoms. The Morgan fingerprint density at radius 2 is 1.90 bits per heavy atom. The molecular formula is C18H19FN4O6. The third-order valence-corrected chi connectivity index (χ3v) is 5.19. The number of benzene rings is 1. The molecular weight excluding hydrogens is 387 g/mol. The molecule has 1 fully saturated rings. The second-order valence-corrected chi connectivity index (χ2v) is 7.04. The van der Waals surface area contributed by atoms with Gasteiger partial charge in [0.05, 0.1) is 11.9 Å². The summed E-state index contributed by atoms with van der Waals surface area (Å²) in [5, 5.41) is 19.8. The topological polar surface area (TPSA) is 116 Å². The van der Waals surface area contributed by atoms with Crippen molar-refractivity contribution in [1.82, 2.24) is 9.58 Å². The zero-order valence-electron chi connectivity index (χ0n) is 15.6. The first kappa shape index (κ1) is 19.0. The van der Waals surface area contributed by atoms with Gasteiger partial charge < -0.3 is 19.8 Å². The van der Waals surface area contributed by atoms with Crippen molar-refractivity contribution in [2.45, 2.75) is 0 Å². The van der Waals surface area contributed by atoms with Crippen LogP contribution in [-0.4, -0.2) is 78.2 Å². The van der Waals surface area contributed by atoms with Gasteiger partial charge in [-0.1, -0.05) is 0 Å². The van der Waals surface area contributed by atoms with Crippen LogP contribution < -0.4 is 20.1 Å². The van der Waals surface area contributed by atoms with Gasteiger partial charge in [0.2, 0.25) is 5.43 Å². The van der Waals surface area contributed by atoms with Crippen LogP contribution in [0, 0.1) is 5.82 Å². The monoisotopic (exact) mass is 406 g/mol. The van der Waals surface area contributed by atoms with Crippen LogP contribution in [0.15, 0.2) is 17.1 Å². The van der Waals surface area contributed by atoms with Crippen molar-refractivity contribution < 1.29 is 28.9 Å². The molecule has 0 unspecified atom stereocenters. The van der Waals surface area contributed by atoms with Crippen LogP contribution in [0.25, 0.3) is 10.9 Å². The third-order valence-electron chi connectivity index (χ3n) is 5.19. The lowest BCUT2D eigenvalue weighted by atomic mass is 10.1. The highest BCUT2D eigenvalue weighted by atomic mass is 19.1. The van der Waals surface area contributed by atoms with E-state index in [-0.39, 0.29) is 30.1 Å². The molecule has 2 aliphatic heterocycles. The van der Waals surface area contributed by atoms with E-state index < -0.39 is 28.7 Å². The van der Waals surface area contributed by atoms with Crippen LogP contribution in [-0.2, 0) is 4.79 Å². The summed E-state index contributed by atoms with van der Waals surface area (Å²) >= 11 is 0. The lowest BCUT2D eigenvalue weighted by Crippen LogP contribution is -2.48. The summed E-state index contributed by atoms with van der Waals surface area (Å²) in [7, 11) is 1.66. The number of pyridine rings is 1. The van der Waals surface area contributed by atoms with Crippen molar-refractivity contribution in [3.8, 4) is 5.75 Å². The van der Waals surface area contributed by atoms with Crippen LogP contribution in [0.3, 0.4) is 0 Å². The number of rotatable bonds is 4. The van der Waals surface area contributed by atoms with Gasteiger partial charge in [0.15, 0.2) is 18.3 Å². The number of aromatic nitrogens is 1. The van der Waals surface area contributed by atoms with Crippen molar-refractivity contribution >= 4 is 28.5 Å². The molecule has 0 radical (unpaired) electrons. The molecule has 4 rings (SSSR count). The van der Waals surface area contributed by atoms with Gasteiger partial charge in [-0.2, -0.15) is 0 Å². The Morgan fingerprint density at radius 3 is 2.52 bits per heavy atom. The molecule has 0 amide bonds. The predicted molar refractivity (Wildman–Crippen MR) is 101 cm³/mol. The molecule has 29 heavy (non-hydrogen) atoms. The maximum absolute atomic E-state index is 15.1. The zero-order valence-corrected chi connectivity index (χ0v) is 15.6. The summed E-state index contributed by atoms with van der Waals surface area (Å²) in [6, 6.07) is 1.05. The van der Waals surface area contributed by atoms with Crippen LogP contribution in [0.4, 0.5) is 10.1 Å². The standard InChI is InChI=1S/C18H19FN4O6/c1-20-9-29-17-14-10(16(26)11(18(27)28)7-23(14)20)6-12(19)15(17)22-4-2-21(3-5-22)8-13(24)25/h6-7H,2-5,8-9H2,1H3,(H,24,25)(H,27,28). The largest absolute Gasteiger partial charge is 0.480 e. The van der Waals surface area contributed by atoms with Crippen molar-refractivity contribution in [3.63, 3.8) is 0 Å². The lowest BCUT2D eigenvalue weighted by molar-refractivity contribution is -0.138. The van der Waals surface area contributed by atoms with Gasteiger partial charge in [0, 0.05) is 39.4 Å². The molecule has 0 atom stereocenters. The van der Waals surface area contributed by atoms with Crippen LogP contribution in [0.5, 0.6) is 5.75 Å². The number of hydrogen-bond donors (Lipinski definition) is 2. The highest BCUT2D eigenvalue weighted by Gasteiger charge is 2.31. The predicted octanol–water partition coefficient (Wildman–Crippen LogP) is -0.0369. The molecule has 11 heteroatoms. The van der Waals surface area contributed by atoms with Gasteiger partial charge in [-0.25, -0.2) is 9.18 Å². The summed E-state index contributed by atoms with van der Waals surface area (Å²) in [6.45, 7) is 1.61. The highest BCUT2D eigenvalue weighted by Crippen LogP contribution is 2.40. The van der Waals surface area contributed by atoms with E-state index in [9.17, 15) is 19.5 Å². The summed E-state index contributed by atoms with van der Waals surface area (Å²) in [6.07, 6.45) is 1.21. The average Bonchev–Trinajstić information content (AvgIpc) is 2.66. The van der Waals surface area contributed by atoms with Gasteiger partial charge in [-0.05, 0) is 6.07 Å². The minimum atomic E-state index is -1.39. The van der Waals surface area contributed by atoms with Crippen molar-refractivity contribution in [2.24, 2.45) is 0 Å². The molecule has 2 aromatic rings. The molecule has 0 saturated carbocycles. The fraction of sp³-hybridized carbons (Fsp3) is 0.389. The second-order valence-electron chi connectivity index (χ2n) is 7.04. The van der Waals surface area contributed by atoms with Crippen LogP contribution in [0.2, 0.25) is 0 Å². The maximum atomic E-state index is 15.1. The summed E-state index contributed by atoms with van der Waals surface area (Å²) < 4.78 is 22.3. The third kappa shape index (κ3) is 3.12. The molecule has 0 bridgehead atoms. The summed E-state index contributed by atoms with van der Waals surface area (Å²) in [5.41, 5.74) is -0.734. The number of halogens is 1. The van der Waals surface area contributed by atoms with Crippen LogP contribution in [0.1, 0.15) is 10.4 Å². The molecule has 154 valence electrons. The normalized spacial score (nSPS) is 16.8. The lowest BCUT2D eigenvalue weighted by Gasteiger charge is -2.38. The van der Waals surface area contributed by atoms with E-state index in [2.05, 4.69) is 0 Å². The van der Waals surface area contributed by atoms with Crippen molar-refractivity contribution in [1.29, 1.82) is 0 Å². The Morgan fingerprint density at radius 1 is 1.21 bits per heavy atom. The molecule has 10 nitrogen and oxygen atoms in total. The van der Waals surface area contributed by atoms with Gasteiger partial charge in [-0.15, -0.1) is 0 Å². The van der Waals surface area contributed by atoms with Gasteiger partial charge >= 0.3 is 11.9 Å². The van der Waals surface area contributed by atoms with Crippen LogP contribution >= 0.6 is 0 Å². The maximum Gasteiger partial charge on any atom is 0.341 e. The van der Waals surface area contributed by atoms with E-state index in [4.69, 9.17) is 9.84 Å². The molecule has 3 heterocycles. The van der Waals surface area contributed by atoms with Gasteiger partial charge in [0.25, 0.3) is 0 Å². The Kier molecular flexibility index (Phi) is 4.53. The van der Waals surface area contributed by atoms with E-state index >= 15 is 4.39 Å². The van der Waals surface area contributed by atoms with Crippen molar-refractivity contribution in [2.75, 3.05) is 56.4 Å². The number of aromatic carboxylic acids is 1. The van der Waals surface area contributed by atoms with E-state index in [1.807, 2.05) is 0 Å². The fourth-order valence-electron chi connectivity index (χ4n) is 3.79. The Hall–Kier alpha value is -3.34. The zero-order chi connectivity index (χ0) is 20.9. The first-order valence-corrected chi connectivity index (χ1v) is 8.96. The Labute approximate surface area is 163 Å². The van der Waals surface area contributed by atoms with E-state index in [1.165, 1.54) is 10.9 Å². The number of nitrogens with zero attached hydrogens (tertiary/aromatic N) is 4. The molecule has 2 N–H and O–H groups in total. The molecule has 1 saturated heterocycles. The number of ether oxygens (including phenoxy) is 1.